The van der Waals surface area contributed by atoms with Crippen LogP contribution in [-0.4, -0.2) is 17.0 Å². The number of nitrogen functional groups attached to an aromatic ring is 1. The van der Waals surface area contributed by atoms with Crippen molar-refractivity contribution in [1.82, 2.24) is 4.37 Å². The predicted molar refractivity (Wildman–Crippen MR) is 91.8 cm³/mol. The third-order valence-corrected chi connectivity index (χ3v) is 4.86. The molecular weight excluding hydrogens is 278 g/mol. The molecule has 2 N–H and O–H groups in total. The van der Waals surface area contributed by atoms with E-state index in [-0.39, 0.29) is 0 Å². The lowest BCUT2D eigenvalue weighted by Gasteiger charge is -2.25. The van der Waals surface area contributed by atoms with Crippen molar-refractivity contribution in [3.05, 3.63) is 30.3 Å². The second-order valence-corrected chi connectivity index (χ2v) is 6.97. The van der Waals surface area contributed by atoms with Crippen LogP contribution in [0, 0.1) is 5.92 Å². The molecule has 0 atom stereocenters. The molecular formula is C17H23N3S. The molecule has 4 heteroatoms. The molecule has 0 radical (unpaired) electrons. The van der Waals surface area contributed by atoms with Gasteiger partial charge < -0.3 is 10.6 Å². The van der Waals surface area contributed by atoms with E-state index in [4.69, 9.17) is 5.73 Å². The van der Waals surface area contributed by atoms with E-state index in [1.165, 1.54) is 29.8 Å². The molecule has 1 aliphatic carbocycles. The highest BCUT2D eigenvalue weighted by atomic mass is 32.1. The van der Waals surface area contributed by atoms with Gasteiger partial charge in [0.05, 0.1) is 5.56 Å². The lowest BCUT2D eigenvalue weighted by molar-refractivity contribution is 0.572. The summed E-state index contributed by atoms with van der Waals surface area (Å²) in [4.78, 5) is 2.54. The molecule has 2 aromatic rings. The standard InChI is InChI=1S/C17H23N3S/c1-12(2)10-11-20(14-8-9-14)17-15(16(18)19-21-17)13-6-4-3-5-7-13/h3-7,12,14H,8-11H2,1-2H3,(H2,18,19). The Bertz CT molecular complexity index is 587. The van der Waals surface area contributed by atoms with E-state index < -0.39 is 0 Å². The fraction of sp³-hybridized carbons (Fsp3) is 0.471. The Kier molecular flexibility index (Phi) is 4.15. The number of nitrogens with zero attached hydrogens (tertiary/aromatic N) is 2. The molecule has 0 aliphatic heterocycles. The summed E-state index contributed by atoms with van der Waals surface area (Å²) in [5, 5.41) is 1.25. The summed E-state index contributed by atoms with van der Waals surface area (Å²) in [6.45, 7) is 5.66. The lowest BCUT2D eigenvalue weighted by atomic mass is 10.1. The normalized spacial score (nSPS) is 14.6. The fourth-order valence-corrected chi connectivity index (χ4v) is 3.53. The third-order valence-electron chi connectivity index (χ3n) is 3.96. The van der Waals surface area contributed by atoms with Gasteiger partial charge in [-0.05, 0) is 42.3 Å². The first-order valence-corrected chi connectivity index (χ1v) is 8.51. The highest BCUT2D eigenvalue weighted by molar-refractivity contribution is 7.11. The molecule has 0 spiro atoms. The summed E-state index contributed by atoms with van der Waals surface area (Å²) in [6.07, 6.45) is 3.80. The minimum atomic E-state index is 0.663. The van der Waals surface area contributed by atoms with E-state index in [0.717, 1.165) is 18.0 Å². The van der Waals surface area contributed by atoms with E-state index in [1.54, 1.807) is 11.5 Å². The summed E-state index contributed by atoms with van der Waals surface area (Å²) >= 11 is 1.55. The minimum absolute atomic E-state index is 0.663. The molecule has 3 nitrogen and oxygen atoms in total. The van der Waals surface area contributed by atoms with E-state index >= 15 is 0 Å². The summed E-state index contributed by atoms with van der Waals surface area (Å²) in [5.41, 5.74) is 8.46. The molecule has 1 aliphatic rings. The Morgan fingerprint density at radius 2 is 2.00 bits per heavy atom. The summed E-state index contributed by atoms with van der Waals surface area (Å²) in [5.74, 6) is 1.38. The van der Waals surface area contributed by atoms with Crippen molar-refractivity contribution in [2.75, 3.05) is 17.2 Å². The van der Waals surface area contributed by atoms with Gasteiger partial charge in [0, 0.05) is 12.6 Å². The monoisotopic (exact) mass is 301 g/mol. The van der Waals surface area contributed by atoms with Crippen molar-refractivity contribution in [1.29, 1.82) is 0 Å². The van der Waals surface area contributed by atoms with Crippen LogP contribution in [0.15, 0.2) is 30.3 Å². The minimum Gasteiger partial charge on any atom is -0.382 e. The second-order valence-electron chi connectivity index (χ2n) is 6.22. The molecule has 0 amide bonds. The Hall–Kier alpha value is -1.55. The molecule has 1 saturated carbocycles. The number of nitrogens with two attached hydrogens (primary N) is 1. The molecule has 1 heterocycles. The maximum atomic E-state index is 6.16. The first-order chi connectivity index (χ1) is 10.2. The highest BCUT2D eigenvalue weighted by Crippen LogP contribution is 2.43. The van der Waals surface area contributed by atoms with Gasteiger partial charge in [0.15, 0.2) is 0 Å². The molecule has 0 saturated heterocycles. The molecule has 0 unspecified atom stereocenters. The van der Waals surface area contributed by atoms with Crippen LogP contribution in [0.25, 0.3) is 11.1 Å². The highest BCUT2D eigenvalue weighted by Gasteiger charge is 2.32. The van der Waals surface area contributed by atoms with Crippen molar-refractivity contribution in [2.24, 2.45) is 5.92 Å². The van der Waals surface area contributed by atoms with Gasteiger partial charge >= 0.3 is 0 Å². The number of aromatic nitrogens is 1. The quantitative estimate of drug-likeness (QED) is 0.859. The maximum absolute atomic E-state index is 6.16. The van der Waals surface area contributed by atoms with Crippen LogP contribution in [-0.2, 0) is 0 Å². The Morgan fingerprint density at radius 1 is 1.29 bits per heavy atom. The van der Waals surface area contributed by atoms with Crippen molar-refractivity contribution >= 4 is 22.4 Å². The van der Waals surface area contributed by atoms with Crippen LogP contribution in [0.1, 0.15) is 33.1 Å². The smallest absolute Gasteiger partial charge is 0.147 e. The topological polar surface area (TPSA) is 42.2 Å². The van der Waals surface area contributed by atoms with Crippen LogP contribution in [0.2, 0.25) is 0 Å². The number of hydrogen-bond acceptors (Lipinski definition) is 4. The van der Waals surface area contributed by atoms with Gasteiger partial charge in [-0.25, -0.2) is 0 Å². The van der Waals surface area contributed by atoms with Gasteiger partial charge in [-0.1, -0.05) is 44.2 Å². The van der Waals surface area contributed by atoms with Gasteiger partial charge in [0.25, 0.3) is 0 Å². The molecule has 1 aromatic carbocycles. The van der Waals surface area contributed by atoms with Crippen LogP contribution in [0.5, 0.6) is 0 Å². The van der Waals surface area contributed by atoms with E-state index in [2.05, 4.69) is 47.4 Å². The van der Waals surface area contributed by atoms with Gasteiger partial charge in [-0.2, -0.15) is 4.37 Å². The van der Waals surface area contributed by atoms with Gasteiger partial charge in [0.2, 0.25) is 0 Å². The summed E-state index contributed by atoms with van der Waals surface area (Å²) in [6, 6.07) is 11.1. The summed E-state index contributed by atoms with van der Waals surface area (Å²) < 4.78 is 4.43. The molecule has 1 fully saturated rings. The predicted octanol–water partition coefficient (Wildman–Crippen LogP) is 4.41. The van der Waals surface area contributed by atoms with Crippen molar-refractivity contribution < 1.29 is 0 Å². The largest absolute Gasteiger partial charge is 0.382 e. The average Bonchev–Trinajstić information content (AvgIpc) is 3.23. The fourth-order valence-electron chi connectivity index (χ4n) is 2.60. The number of anilines is 2. The Balaban J connectivity index is 1.93. The van der Waals surface area contributed by atoms with Crippen LogP contribution in [0.4, 0.5) is 10.8 Å². The second kappa shape index (κ2) is 6.06. The zero-order valence-corrected chi connectivity index (χ0v) is 13.6. The van der Waals surface area contributed by atoms with Crippen LogP contribution >= 0.6 is 11.5 Å². The first kappa shape index (κ1) is 14.4. The zero-order valence-electron chi connectivity index (χ0n) is 12.7. The van der Waals surface area contributed by atoms with Gasteiger partial charge in [-0.3, -0.25) is 0 Å². The number of rotatable bonds is 6. The molecule has 3 rings (SSSR count). The Labute approximate surface area is 131 Å². The summed E-state index contributed by atoms with van der Waals surface area (Å²) in [7, 11) is 0. The van der Waals surface area contributed by atoms with Crippen LogP contribution < -0.4 is 10.6 Å². The van der Waals surface area contributed by atoms with Crippen molar-refractivity contribution in [3.63, 3.8) is 0 Å². The van der Waals surface area contributed by atoms with Gasteiger partial charge in [-0.15, -0.1) is 0 Å². The van der Waals surface area contributed by atoms with E-state index in [0.29, 0.717) is 11.9 Å². The van der Waals surface area contributed by atoms with Crippen LogP contribution in [0.3, 0.4) is 0 Å². The number of hydrogen-bond donors (Lipinski definition) is 1. The lowest BCUT2D eigenvalue weighted by Crippen LogP contribution is -2.27. The van der Waals surface area contributed by atoms with Gasteiger partial charge in [0.1, 0.15) is 10.8 Å². The molecule has 0 bridgehead atoms. The van der Waals surface area contributed by atoms with Crippen molar-refractivity contribution in [3.8, 4) is 11.1 Å². The average molecular weight is 301 g/mol. The molecule has 21 heavy (non-hydrogen) atoms. The first-order valence-electron chi connectivity index (χ1n) is 7.74. The van der Waals surface area contributed by atoms with E-state index in [9.17, 15) is 0 Å². The molecule has 112 valence electrons. The maximum Gasteiger partial charge on any atom is 0.147 e. The Morgan fingerprint density at radius 3 is 2.62 bits per heavy atom. The SMILES string of the molecule is CC(C)CCN(c1snc(N)c1-c1ccccc1)C1CC1. The van der Waals surface area contributed by atoms with Crippen molar-refractivity contribution in [2.45, 2.75) is 39.2 Å². The number of benzene rings is 1. The molecule has 1 aromatic heterocycles. The van der Waals surface area contributed by atoms with E-state index in [1.807, 2.05) is 6.07 Å². The zero-order chi connectivity index (χ0) is 14.8. The third kappa shape index (κ3) is 3.21.